The Morgan fingerprint density at radius 1 is 1.12 bits per heavy atom. The molecule has 3 aromatic rings. The number of nitrogens with one attached hydrogen (secondary N) is 2. The molecule has 0 radical (unpaired) electrons. The average Bonchev–Trinajstić information content (AvgIpc) is 3.23. The number of anilines is 2. The zero-order chi connectivity index (χ0) is 17.4. The number of aromatic amines is 1. The van der Waals surface area contributed by atoms with E-state index in [1.165, 1.54) is 12.1 Å². The van der Waals surface area contributed by atoms with Crippen molar-refractivity contribution < 1.29 is 13.2 Å². The van der Waals surface area contributed by atoms with Crippen LogP contribution < -0.4 is 9.62 Å². The minimum atomic E-state index is -3.70. The Morgan fingerprint density at radius 3 is 2.64 bits per heavy atom. The largest absolute Gasteiger partial charge is 0.312 e. The van der Waals surface area contributed by atoms with Crippen LogP contribution in [-0.2, 0) is 14.8 Å². The number of nitrogens with zero attached hydrogens (tertiary/aromatic N) is 2. The molecule has 0 spiro atoms. The summed E-state index contributed by atoms with van der Waals surface area (Å²) in [5.74, 6) is 0.0714. The van der Waals surface area contributed by atoms with Crippen LogP contribution in [0, 0.1) is 0 Å². The molecular formula is C17H16N4O3S. The summed E-state index contributed by atoms with van der Waals surface area (Å²) >= 11 is 0. The quantitative estimate of drug-likeness (QED) is 0.751. The lowest BCUT2D eigenvalue weighted by atomic mass is 10.2. The molecule has 4 rings (SSSR count). The van der Waals surface area contributed by atoms with Crippen LogP contribution in [0.25, 0.3) is 10.9 Å². The summed E-state index contributed by atoms with van der Waals surface area (Å²) < 4.78 is 27.7. The van der Waals surface area contributed by atoms with E-state index in [2.05, 4.69) is 14.9 Å². The molecule has 1 aromatic heterocycles. The van der Waals surface area contributed by atoms with Gasteiger partial charge >= 0.3 is 0 Å². The number of amides is 1. The molecule has 0 atom stereocenters. The number of H-pyrrole nitrogens is 1. The van der Waals surface area contributed by atoms with Gasteiger partial charge in [0.05, 0.1) is 16.6 Å². The monoisotopic (exact) mass is 356 g/mol. The predicted octanol–water partition coefficient (Wildman–Crippen LogP) is 2.49. The topological polar surface area (TPSA) is 95.2 Å². The minimum Gasteiger partial charge on any atom is -0.312 e. The summed E-state index contributed by atoms with van der Waals surface area (Å²) in [6.07, 6.45) is 3.00. The number of fused-ring (bicyclic) bond motifs is 1. The molecule has 8 heteroatoms. The zero-order valence-electron chi connectivity index (χ0n) is 13.3. The van der Waals surface area contributed by atoms with Crippen LogP contribution in [0.1, 0.15) is 12.8 Å². The van der Waals surface area contributed by atoms with Crippen LogP contribution in [0.2, 0.25) is 0 Å². The molecule has 1 amide bonds. The molecule has 0 bridgehead atoms. The normalized spacial score (nSPS) is 15.0. The van der Waals surface area contributed by atoms with Gasteiger partial charge < -0.3 is 4.90 Å². The first-order chi connectivity index (χ1) is 12.0. The fourth-order valence-corrected chi connectivity index (χ4v) is 4.00. The lowest BCUT2D eigenvalue weighted by Crippen LogP contribution is -2.23. The highest BCUT2D eigenvalue weighted by atomic mass is 32.2. The van der Waals surface area contributed by atoms with Crippen molar-refractivity contribution in [1.29, 1.82) is 0 Å². The van der Waals surface area contributed by atoms with E-state index in [4.69, 9.17) is 0 Å². The van der Waals surface area contributed by atoms with Gasteiger partial charge in [0.25, 0.3) is 10.0 Å². The van der Waals surface area contributed by atoms with Crippen molar-refractivity contribution in [3.8, 4) is 0 Å². The second-order valence-corrected chi connectivity index (χ2v) is 7.60. The molecule has 1 saturated heterocycles. The van der Waals surface area contributed by atoms with E-state index >= 15 is 0 Å². The maximum absolute atomic E-state index is 12.6. The summed E-state index contributed by atoms with van der Waals surface area (Å²) in [6, 6.07) is 11.5. The number of hydrogen-bond donors (Lipinski definition) is 2. The van der Waals surface area contributed by atoms with Crippen LogP contribution in [0.4, 0.5) is 11.4 Å². The highest BCUT2D eigenvalue weighted by Crippen LogP contribution is 2.25. The fraction of sp³-hybridized carbons (Fsp3) is 0.176. The van der Waals surface area contributed by atoms with Crippen molar-refractivity contribution in [1.82, 2.24) is 10.2 Å². The number of carbonyl (C=O) groups is 1. The van der Waals surface area contributed by atoms with Crippen molar-refractivity contribution in [2.45, 2.75) is 17.7 Å². The van der Waals surface area contributed by atoms with Crippen molar-refractivity contribution >= 4 is 38.2 Å². The number of hydrogen-bond acceptors (Lipinski definition) is 4. The molecule has 128 valence electrons. The number of aromatic nitrogens is 2. The van der Waals surface area contributed by atoms with Crippen LogP contribution in [0.3, 0.4) is 0 Å². The number of benzene rings is 2. The Kier molecular flexibility index (Phi) is 3.69. The molecule has 2 N–H and O–H groups in total. The van der Waals surface area contributed by atoms with Crippen molar-refractivity contribution in [2.75, 3.05) is 16.2 Å². The maximum atomic E-state index is 12.6. The average molecular weight is 356 g/mol. The molecule has 2 heterocycles. The van der Waals surface area contributed by atoms with E-state index < -0.39 is 10.0 Å². The second kappa shape index (κ2) is 5.89. The predicted molar refractivity (Wildman–Crippen MR) is 94.9 cm³/mol. The Labute approximate surface area is 144 Å². The molecule has 1 aliphatic heterocycles. The summed E-state index contributed by atoms with van der Waals surface area (Å²) in [4.78, 5) is 13.6. The van der Waals surface area contributed by atoms with Gasteiger partial charge in [0.1, 0.15) is 0 Å². The molecule has 0 saturated carbocycles. The third-order valence-electron chi connectivity index (χ3n) is 4.22. The highest BCUT2D eigenvalue weighted by molar-refractivity contribution is 7.92. The Morgan fingerprint density at radius 2 is 1.92 bits per heavy atom. The standard InChI is InChI=1S/C17H16N4O3S/c22-17-2-1-9-21(17)14-4-6-15(7-5-14)25(23,24)20-13-3-8-16-12(10-13)11-18-19-16/h3-8,10-11,20H,1-2,9H2,(H,18,19). The van der Waals surface area contributed by atoms with Crippen molar-refractivity contribution in [3.63, 3.8) is 0 Å². The van der Waals surface area contributed by atoms with Gasteiger partial charge in [0.2, 0.25) is 5.91 Å². The lowest BCUT2D eigenvalue weighted by Gasteiger charge is -2.16. The van der Waals surface area contributed by atoms with Gasteiger partial charge in [-0.05, 0) is 48.9 Å². The molecule has 2 aromatic carbocycles. The van der Waals surface area contributed by atoms with Crippen molar-refractivity contribution in [2.24, 2.45) is 0 Å². The molecule has 0 unspecified atom stereocenters. The van der Waals surface area contributed by atoms with Gasteiger partial charge in [-0.2, -0.15) is 5.10 Å². The smallest absolute Gasteiger partial charge is 0.261 e. The summed E-state index contributed by atoms with van der Waals surface area (Å²) in [7, 11) is -3.70. The van der Waals surface area contributed by atoms with Gasteiger partial charge in [-0.3, -0.25) is 14.6 Å². The van der Waals surface area contributed by atoms with E-state index in [1.54, 1.807) is 41.4 Å². The Bertz CT molecular complexity index is 1040. The first-order valence-electron chi connectivity index (χ1n) is 7.89. The third-order valence-corrected chi connectivity index (χ3v) is 5.62. The van der Waals surface area contributed by atoms with Crippen LogP contribution in [0.15, 0.2) is 53.6 Å². The van der Waals surface area contributed by atoms with Gasteiger partial charge in [0.15, 0.2) is 0 Å². The van der Waals surface area contributed by atoms with Gasteiger partial charge in [-0.25, -0.2) is 8.42 Å². The van der Waals surface area contributed by atoms with Gasteiger partial charge in [0, 0.05) is 29.7 Å². The summed E-state index contributed by atoms with van der Waals surface area (Å²) in [5.41, 5.74) is 2.02. The molecule has 1 aliphatic rings. The number of sulfonamides is 1. The molecule has 0 aliphatic carbocycles. The molecule has 7 nitrogen and oxygen atoms in total. The number of carbonyl (C=O) groups excluding carboxylic acids is 1. The maximum Gasteiger partial charge on any atom is 0.261 e. The number of rotatable bonds is 4. The minimum absolute atomic E-state index is 0.0714. The first kappa shape index (κ1) is 15.6. The van der Waals surface area contributed by atoms with E-state index in [-0.39, 0.29) is 10.8 Å². The van der Waals surface area contributed by atoms with Crippen LogP contribution >= 0.6 is 0 Å². The summed E-state index contributed by atoms with van der Waals surface area (Å²) in [5, 5.41) is 7.56. The SMILES string of the molecule is O=C1CCCN1c1ccc(S(=O)(=O)Nc2ccc3[nH]ncc3c2)cc1. The highest BCUT2D eigenvalue weighted by Gasteiger charge is 2.22. The van der Waals surface area contributed by atoms with E-state index in [9.17, 15) is 13.2 Å². The Balaban J connectivity index is 1.58. The molecule has 25 heavy (non-hydrogen) atoms. The van der Waals surface area contributed by atoms with Crippen LogP contribution in [0.5, 0.6) is 0 Å². The van der Waals surface area contributed by atoms with Crippen molar-refractivity contribution in [3.05, 3.63) is 48.7 Å². The van der Waals surface area contributed by atoms with E-state index in [0.29, 0.717) is 18.7 Å². The lowest BCUT2D eigenvalue weighted by molar-refractivity contribution is -0.117. The third kappa shape index (κ3) is 2.96. The molecule has 1 fully saturated rings. The Hall–Kier alpha value is -2.87. The fourth-order valence-electron chi connectivity index (χ4n) is 2.95. The van der Waals surface area contributed by atoms with E-state index in [0.717, 1.165) is 23.0 Å². The first-order valence-corrected chi connectivity index (χ1v) is 9.38. The van der Waals surface area contributed by atoms with Crippen LogP contribution in [-0.4, -0.2) is 31.1 Å². The van der Waals surface area contributed by atoms with Gasteiger partial charge in [-0.1, -0.05) is 0 Å². The van der Waals surface area contributed by atoms with E-state index in [1.807, 2.05) is 0 Å². The zero-order valence-corrected chi connectivity index (χ0v) is 14.1. The second-order valence-electron chi connectivity index (χ2n) is 5.92. The molecular weight excluding hydrogens is 340 g/mol. The van der Waals surface area contributed by atoms with Gasteiger partial charge in [-0.15, -0.1) is 0 Å². The summed E-state index contributed by atoms with van der Waals surface area (Å²) in [6.45, 7) is 0.674.